The average Bonchev–Trinajstić information content (AvgIpc) is 2.30. The van der Waals surface area contributed by atoms with Gasteiger partial charge in [0.15, 0.2) is 0 Å². The van der Waals surface area contributed by atoms with Crippen LogP contribution in [0.4, 0.5) is 0 Å². The van der Waals surface area contributed by atoms with Gasteiger partial charge in [0.05, 0.1) is 0 Å². The summed E-state index contributed by atoms with van der Waals surface area (Å²) < 4.78 is 4.75. The first-order chi connectivity index (χ1) is 7.74. The van der Waals surface area contributed by atoms with E-state index < -0.39 is 5.97 Å². The summed E-state index contributed by atoms with van der Waals surface area (Å²) in [5.74, 6) is -0.667. The zero-order chi connectivity index (χ0) is 11.8. The van der Waals surface area contributed by atoms with E-state index in [0.29, 0.717) is 6.21 Å². The maximum atomic E-state index is 10.8. The second-order valence-corrected chi connectivity index (χ2v) is 3.13. The number of hydrogen-bond acceptors (Lipinski definition) is 2. The molecule has 0 radical (unpaired) electrons. The van der Waals surface area contributed by atoms with Crippen LogP contribution in [0.3, 0.4) is 0 Å². The van der Waals surface area contributed by atoms with E-state index in [4.69, 9.17) is 10.3 Å². The zero-order valence-corrected chi connectivity index (χ0v) is 8.96. The van der Waals surface area contributed by atoms with Crippen LogP contribution in [-0.2, 0) is 9.53 Å². The van der Waals surface area contributed by atoms with Crippen LogP contribution in [-0.4, -0.2) is 23.6 Å². The molecule has 0 atom stereocenters. The molecule has 0 bridgehead atoms. The van der Waals surface area contributed by atoms with E-state index in [-0.39, 0.29) is 6.61 Å². The highest BCUT2D eigenvalue weighted by atomic mass is 16.5. The van der Waals surface area contributed by atoms with Crippen LogP contribution in [0.1, 0.15) is 12.5 Å². The lowest BCUT2D eigenvalue weighted by atomic mass is 10.1. The highest BCUT2D eigenvalue weighted by molar-refractivity contribution is 6.20. The predicted octanol–water partition coefficient (Wildman–Crippen LogP) is 1.93. The van der Waals surface area contributed by atoms with Gasteiger partial charge >= 0.3 is 12.2 Å². The van der Waals surface area contributed by atoms with Gasteiger partial charge in [0.25, 0.3) is 0 Å². The molecule has 0 spiro atoms. The van der Waals surface area contributed by atoms with Gasteiger partial charge in [0.1, 0.15) is 6.61 Å². The lowest BCUT2D eigenvalue weighted by molar-refractivity contribution is -0.137. The summed E-state index contributed by atoms with van der Waals surface area (Å²) in [6, 6.07) is 9.77. The number of rotatable bonds is 4. The third kappa shape index (κ3) is 3.90. The topological polar surface area (TPSA) is 62.7 Å². The van der Waals surface area contributed by atoms with Gasteiger partial charge in [-0.25, -0.2) is 4.79 Å². The van der Waals surface area contributed by atoms with Gasteiger partial charge in [-0.3, -0.25) is 0 Å². The Morgan fingerprint density at radius 2 is 2.12 bits per heavy atom. The molecular formula is C12H12N2O2. The monoisotopic (exact) mass is 216 g/mol. The van der Waals surface area contributed by atoms with E-state index in [0.717, 1.165) is 11.1 Å². The number of benzene rings is 1. The van der Waals surface area contributed by atoms with Crippen LogP contribution < -0.4 is 0 Å². The van der Waals surface area contributed by atoms with Gasteiger partial charge < -0.3 is 10.3 Å². The average molecular weight is 216 g/mol. The van der Waals surface area contributed by atoms with E-state index in [9.17, 15) is 4.79 Å². The molecule has 0 heterocycles. The minimum Gasteiger partial charge on any atom is -0.453 e. The molecule has 0 amide bonds. The molecule has 1 aromatic carbocycles. The molecule has 1 aromatic rings. The van der Waals surface area contributed by atoms with Crippen molar-refractivity contribution in [3.05, 3.63) is 47.5 Å². The third-order valence-electron chi connectivity index (χ3n) is 2.01. The van der Waals surface area contributed by atoms with Crippen molar-refractivity contribution in [1.82, 2.24) is 0 Å². The molecule has 0 aliphatic heterocycles. The van der Waals surface area contributed by atoms with E-state index in [2.05, 4.69) is 4.79 Å². The number of ether oxygens (including phenoxy) is 1. The number of carbonyl (C=O) groups excluding carboxylic acids is 1. The van der Waals surface area contributed by atoms with Crippen LogP contribution >= 0.6 is 0 Å². The van der Waals surface area contributed by atoms with Crippen molar-refractivity contribution in [1.29, 1.82) is 0 Å². The summed E-state index contributed by atoms with van der Waals surface area (Å²) >= 11 is 0. The lowest BCUT2D eigenvalue weighted by Crippen LogP contribution is -2.06. The second kappa shape index (κ2) is 6.32. The first-order valence-electron chi connectivity index (χ1n) is 4.80. The smallest absolute Gasteiger partial charge is 0.413 e. The molecule has 4 nitrogen and oxygen atoms in total. The minimum atomic E-state index is -0.667. The summed E-state index contributed by atoms with van der Waals surface area (Å²) in [6.07, 6.45) is 2.50. The maximum absolute atomic E-state index is 10.8. The minimum absolute atomic E-state index is 0.158. The standard InChI is InChI=1S/C12H12N2O2/c1-10(11-5-3-2-4-6-11)7-8-16-12(15)9-14-13/h2-7,9H,8H2,1H3/b10-7-. The molecule has 0 saturated carbocycles. The Hall–Kier alpha value is -2.19. The summed E-state index contributed by atoms with van der Waals surface area (Å²) in [7, 11) is 0. The Bertz CT molecular complexity index is 432. The fourth-order valence-electron chi connectivity index (χ4n) is 1.15. The van der Waals surface area contributed by atoms with Crippen LogP contribution in [0.15, 0.2) is 36.4 Å². The third-order valence-corrected chi connectivity index (χ3v) is 2.01. The molecule has 16 heavy (non-hydrogen) atoms. The van der Waals surface area contributed by atoms with Crippen LogP contribution in [0, 0.1) is 0 Å². The summed E-state index contributed by atoms with van der Waals surface area (Å²) in [4.78, 5) is 13.4. The summed E-state index contributed by atoms with van der Waals surface area (Å²) in [5.41, 5.74) is 10.2. The van der Waals surface area contributed by atoms with Crippen molar-refractivity contribution in [3.8, 4) is 0 Å². The van der Waals surface area contributed by atoms with Gasteiger partial charge in [-0.15, -0.1) is 0 Å². The molecule has 0 unspecified atom stereocenters. The number of nitrogens with zero attached hydrogens (tertiary/aromatic N) is 2. The molecule has 0 aliphatic rings. The van der Waals surface area contributed by atoms with Crippen molar-refractivity contribution in [3.63, 3.8) is 0 Å². The lowest BCUT2D eigenvalue weighted by Gasteiger charge is -2.00. The normalized spacial score (nSPS) is 10.4. The van der Waals surface area contributed by atoms with E-state index in [1.165, 1.54) is 0 Å². The highest BCUT2D eigenvalue weighted by Gasteiger charge is 2.01. The van der Waals surface area contributed by atoms with Crippen molar-refractivity contribution < 1.29 is 14.3 Å². The van der Waals surface area contributed by atoms with E-state index in [1.54, 1.807) is 6.08 Å². The fraction of sp³-hybridized carbons (Fsp3) is 0.167. The van der Waals surface area contributed by atoms with Gasteiger partial charge in [-0.05, 0) is 24.1 Å². The first-order valence-corrected chi connectivity index (χ1v) is 4.80. The Morgan fingerprint density at radius 1 is 1.44 bits per heavy atom. The van der Waals surface area contributed by atoms with Crippen molar-refractivity contribution in [2.45, 2.75) is 6.92 Å². The Labute approximate surface area is 93.8 Å². The zero-order valence-electron chi connectivity index (χ0n) is 8.96. The first kappa shape index (κ1) is 11.9. The highest BCUT2D eigenvalue weighted by Crippen LogP contribution is 2.11. The second-order valence-electron chi connectivity index (χ2n) is 3.13. The molecule has 0 saturated heterocycles. The summed E-state index contributed by atoms with van der Waals surface area (Å²) in [5, 5.41) is 0. The number of carbonyl (C=O) groups is 1. The Kier molecular flexibility index (Phi) is 4.70. The van der Waals surface area contributed by atoms with Gasteiger partial charge in [0.2, 0.25) is 0 Å². The predicted molar refractivity (Wildman–Crippen MR) is 60.7 cm³/mol. The molecule has 0 N–H and O–H groups in total. The largest absolute Gasteiger partial charge is 0.453 e. The molecule has 0 aliphatic carbocycles. The van der Waals surface area contributed by atoms with Crippen molar-refractivity contribution >= 4 is 17.8 Å². The van der Waals surface area contributed by atoms with Crippen molar-refractivity contribution in [2.24, 2.45) is 0 Å². The quantitative estimate of drug-likeness (QED) is 0.334. The number of allylic oxidation sites excluding steroid dienone is 1. The van der Waals surface area contributed by atoms with Gasteiger partial charge in [-0.1, -0.05) is 30.3 Å². The van der Waals surface area contributed by atoms with Crippen LogP contribution in [0.2, 0.25) is 0 Å². The van der Waals surface area contributed by atoms with Gasteiger partial charge in [-0.2, -0.15) is 4.79 Å². The Morgan fingerprint density at radius 3 is 2.75 bits per heavy atom. The maximum Gasteiger partial charge on any atom is 0.413 e. The Balaban J connectivity index is 2.52. The molecular weight excluding hydrogens is 204 g/mol. The SMILES string of the molecule is C/C(=C/COC(=O)C=[N+]=[N-])c1ccccc1. The van der Waals surface area contributed by atoms with Crippen molar-refractivity contribution in [2.75, 3.05) is 6.61 Å². The molecule has 4 heteroatoms. The molecule has 82 valence electrons. The van der Waals surface area contributed by atoms with E-state index >= 15 is 0 Å². The molecule has 0 fully saturated rings. The van der Waals surface area contributed by atoms with Crippen LogP contribution in [0.25, 0.3) is 11.1 Å². The molecule has 1 rings (SSSR count). The van der Waals surface area contributed by atoms with Crippen LogP contribution in [0.5, 0.6) is 0 Å². The number of esters is 1. The summed E-state index contributed by atoms with van der Waals surface area (Å²) in [6.45, 7) is 2.09. The fourth-order valence-corrected chi connectivity index (χ4v) is 1.15. The molecule has 0 aromatic heterocycles. The van der Waals surface area contributed by atoms with Gasteiger partial charge in [0, 0.05) is 0 Å². The number of hydrogen-bond donors (Lipinski definition) is 0. The van der Waals surface area contributed by atoms with E-state index in [1.807, 2.05) is 37.3 Å².